The lowest BCUT2D eigenvalue weighted by Crippen LogP contribution is -2.25. The van der Waals surface area contributed by atoms with Gasteiger partial charge in [-0.2, -0.15) is 9.78 Å². The van der Waals surface area contributed by atoms with Crippen molar-refractivity contribution in [3.05, 3.63) is 75.5 Å². The molecule has 1 N–H and O–H groups in total. The second kappa shape index (κ2) is 11.6. The molecule has 10 nitrogen and oxygen atoms in total. The van der Waals surface area contributed by atoms with Crippen LogP contribution in [0.3, 0.4) is 0 Å². The summed E-state index contributed by atoms with van der Waals surface area (Å²) in [5, 5.41) is 9.34. The molecule has 4 rings (SSSR count). The zero-order chi connectivity index (χ0) is 27.2. The number of esters is 1. The molecule has 0 unspecified atom stereocenters. The van der Waals surface area contributed by atoms with Crippen molar-refractivity contribution in [3.63, 3.8) is 0 Å². The summed E-state index contributed by atoms with van der Waals surface area (Å²) in [5.41, 5.74) is 0.547. The van der Waals surface area contributed by atoms with E-state index in [1.165, 1.54) is 27.4 Å². The lowest BCUT2D eigenvalue weighted by Gasteiger charge is -2.10. The molecular formula is C27H25N3O7S. The first kappa shape index (κ1) is 26.4. The van der Waals surface area contributed by atoms with Gasteiger partial charge in [0, 0.05) is 22.9 Å². The van der Waals surface area contributed by atoms with E-state index in [4.69, 9.17) is 18.9 Å². The smallest absolute Gasteiger partial charge is 0.359 e. The van der Waals surface area contributed by atoms with Gasteiger partial charge in [0.2, 0.25) is 5.91 Å². The number of fused-ring (bicyclic) bond motifs is 1. The van der Waals surface area contributed by atoms with Gasteiger partial charge in [0.05, 0.1) is 39.0 Å². The second-order valence-corrected chi connectivity index (χ2v) is 8.66. The van der Waals surface area contributed by atoms with Crippen LogP contribution in [0, 0.1) is 0 Å². The van der Waals surface area contributed by atoms with E-state index < -0.39 is 17.4 Å². The van der Waals surface area contributed by atoms with Crippen LogP contribution in [0.5, 0.6) is 17.2 Å². The normalized spacial score (nSPS) is 10.9. The predicted octanol–water partition coefficient (Wildman–Crippen LogP) is 4.30. The van der Waals surface area contributed by atoms with Gasteiger partial charge in [-0.25, -0.2) is 4.79 Å². The van der Waals surface area contributed by atoms with E-state index >= 15 is 0 Å². The summed E-state index contributed by atoms with van der Waals surface area (Å²) in [6.07, 6.45) is 2.94. The monoisotopic (exact) mass is 535 g/mol. The van der Waals surface area contributed by atoms with Crippen LogP contribution in [-0.2, 0) is 9.53 Å². The van der Waals surface area contributed by atoms with Gasteiger partial charge in [-0.15, -0.1) is 11.3 Å². The number of amides is 1. The number of benzene rings is 2. The zero-order valence-electron chi connectivity index (χ0n) is 21.1. The van der Waals surface area contributed by atoms with Crippen LogP contribution in [-0.4, -0.2) is 49.6 Å². The first-order valence-corrected chi connectivity index (χ1v) is 12.3. The number of carbonyl (C=O) groups is 2. The van der Waals surface area contributed by atoms with E-state index in [2.05, 4.69) is 10.4 Å². The van der Waals surface area contributed by atoms with Crippen LogP contribution in [0.25, 0.3) is 22.5 Å². The number of ether oxygens (including phenoxy) is 4. The van der Waals surface area contributed by atoms with E-state index in [1.807, 2.05) is 0 Å². The number of hydrogen-bond donors (Lipinski definition) is 1. The molecular weight excluding hydrogens is 510 g/mol. The van der Waals surface area contributed by atoms with Crippen molar-refractivity contribution in [2.75, 3.05) is 33.3 Å². The molecule has 2 aromatic heterocycles. The molecule has 0 saturated heterocycles. The second-order valence-electron chi connectivity index (χ2n) is 7.78. The average molecular weight is 536 g/mol. The molecule has 2 heterocycles. The van der Waals surface area contributed by atoms with Crippen LogP contribution >= 0.6 is 11.3 Å². The van der Waals surface area contributed by atoms with E-state index in [0.29, 0.717) is 28.5 Å². The summed E-state index contributed by atoms with van der Waals surface area (Å²) in [6.45, 7) is 1.81. The fourth-order valence-electron chi connectivity index (χ4n) is 3.69. The highest BCUT2D eigenvalue weighted by Crippen LogP contribution is 2.31. The number of aromatic nitrogens is 2. The molecule has 0 aliphatic rings. The largest absolute Gasteiger partial charge is 0.497 e. The summed E-state index contributed by atoms with van der Waals surface area (Å²) in [7, 11) is 4.57. The Bertz CT molecular complexity index is 1590. The maximum Gasteiger partial charge on any atom is 0.359 e. The first-order valence-electron chi connectivity index (χ1n) is 11.5. The molecule has 11 heteroatoms. The Balaban J connectivity index is 1.74. The SMILES string of the molecule is CCOC(=O)c1nn(-c2cccc(OC)c2)c(=O)c2c(NC(=O)/C=C/c3ccc(OC)c(OC)c3)scc12. The highest BCUT2D eigenvalue weighted by molar-refractivity contribution is 7.16. The molecule has 1 amide bonds. The average Bonchev–Trinajstić information content (AvgIpc) is 3.35. The Hall–Kier alpha value is -4.64. The van der Waals surface area contributed by atoms with Gasteiger partial charge in [0.15, 0.2) is 17.2 Å². The Morgan fingerprint density at radius 2 is 1.84 bits per heavy atom. The minimum Gasteiger partial charge on any atom is -0.497 e. The quantitative estimate of drug-likeness (QED) is 0.249. The fraction of sp³-hybridized carbons (Fsp3) is 0.185. The van der Waals surface area contributed by atoms with Gasteiger partial charge in [-0.1, -0.05) is 12.1 Å². The van der Waals surface area contributed by atoms with Crippen molar-refractivity contribution in [2.24, 2.45) is 0 Å². The molecule has 2 aromatic carbocycles. The maximum atomic E-state index is 13.6. The molecule has 196 valence electrons. The minimum atomic E-state index is -0.682. The first-order chi connectivity index (χ1) is 18.4. The third-order valence-electron chi connectivity index (χ3n) is 5.49. The standard InChI is InChI=1S/C27H25N3O7S/c1-5-37-27(33)24-19-15-38-25(23(19)26(32)30(29-24)17-7-6-8-18(14-17)34-2)28-22(31)12-10-16-9-11-20(35-3)21(13-16)36-4/h6-15H,5H2,1-4H3,(H,28,31)/b12-10+. The molecule has 4 aromatic rings. The van der Waals surface area contributed by atoms with Gasteiger partial charge < -0.3 is 24.3 Å². The van der Waals surface area contributed by atoms with Gasteiger partial charge in [0.1, 0.15) is 10.8 Å². The Kier molecular flexibility index (Phi) is 8.07. The number of hydrogen-bond acceptors (Lipinski definition) is 9. The van der Waals surface area contributed by atoms with Gasteiger partial charge in [-0.3, -0.25) is 9.59 Å². The van der Waals surface area contributed by atoms with Gasteiger partial charge in [-0.05, 0) is 42.8 Å². The summed E-state index contributed by atoms with van der Waals surface area (Å²) in [4.78, 5) is 39.1. The molecule has 0 spiro atoms. The van der Waals surface area contributed by atoms with E-state index in [0.717, 1.165) is 16.0 Å². The Morgan fingerprint density at radius 3 is 2.55 bits per heavy atom. The maximum absolute atomic E-state index is 13.6. The fourth-order valence-corrected chi connectivity index (χ4v) is 4.63. The highest BCUT2D eigenvalue weighted by atomic mass is 32.1. The highest BCUT2D eigenvalue weighted by Gasteiger charge is 2.23. The number of carbonyl (C=O) groups excluding carboxylic acids is 2. The molecule has 0 fully saturated rings. The summed E-state index contributed by atoms with van der Waals surface area (Å²) < 4.78 is 22.1. The number of thiophene rings is 1. The summed E-state index contributed by atoms with van der Waals surface area (Å²) in [6, 6.07) is 11.9. The van der Waals surface area contributed by atoms with Gasteiger partial charge in [0.25, 0.3) is 5.56 Å². The van der Waals surface area contributed by atoms with E-state index in [-0.39, 0.29) is 28.1 Å². The van der Waals surface area contributed by atoms with E-state index in [1.54, 1.807) is 60.8 Å². The Morgan fingerprint density at radius 1 is 1.05 bits per heavy atom. The molecule has 0 bridgehead atoms. The number of nitrogens with zero attached hydrogens (tertiary/aromatic N) is 2. The van der Waals surface area contributed by atoms with Crippen molar-refractivity contribution in [1.82, 2.24) is 9.78 Å². The Labute approximate surface area is 222 Å². The number of methoxy groups -OCH3 is 3. The van der Waals surface area contributed by atoms with Crippen LogP contribution < -0.4 is 25.1 Å². The number of anilines is 1. The third kappa shape index (κ3) is 5.37. The molecule has 0 radical (unpaired) electrons. The summed E-state index contributed by atoms with van der Waals surface area (Å²) >= 11 is 1.11. The lowest BCUT2D eigenvalue weighted by atomic mass is 10.2. The molecule has 38 heavy (non-hydrogen) atoms. The number of nitrogens with one attached hydrogen (secondary N) is 1. The van der Waals surface area contributed by atoms with Gasteiger partial charge >= 0.3 is 5.97 Å². The summed E-state index contributed by atoms with van der Waals surface area (Å²) in [5.74, 6) is 0.450. The zero-order valence-corrected chi connectivity index (χ0v) is 22.0. The van der Waals surface area contributed by atoms with Crippen molar-refractivity contribution in [2.45, 2.75) is 6.92 Å². The number of rotatable bonds is 9. The molecule has 0 saturated carbocycles. The topological polar surface area (TPSA) is 118 Å². The van der Waals surface area contributed by atoms with Crippen molar-refractivity contribution in [3.8, 4) is 22.9 Å². The molecule has 0 atom stereocenters. The van der Waals surface area contributed by atoms with Crippen LogP contribution in [0.1, 0.15) is 23.0 Å². The van der Waals surface area contributed by atoms with Crippen LogP contribution in [0.4, 0.5) is 5.00 Å². The van der Waals surface area contributed by atoms with E-state index in [9.17, 15) is 14.4 Å². The minimum absolute atomic E-state index is 0.0399. The molecule has 0 aliphatic heterocycles. The van der Waals surface area contributed by atoms with Crippen molar-refractivity contribution >= 4 is 45.1 Å². The predicted molar refractivity (Wildman–Crippen MR) is 145 cm³/mol. The molecule has 0 aliphatic carbocycles. The van der Waals surface area contributed by atoms with Crippen LogP contribution in [0.2, 0.25) is 0 Å². The lowest BCUT2D eigenvalue weighted by molar-refractivity contribution is -0.111. The van der Waals surface area contributed by atoms with Crippen LogP contribution in [0.15, 0.2) is 58.7 Å². The van der Waals surface area contributed by atoms with Crippen molar-refractivity contribution in [1.29, 1.82) is 0 Å². The third-order valence-corrected chi connectivity index (χ3v) is 6.39. The van der Waals surface area contributed by atoms with Crippen molar-refractivity contribution < 1.29 is 28.5 Å².